The maximum atomic E-state index is 14.0. The van der Waals surface area contributed by atoms with Gasteiger partial charge in [-0.25, -0.2) is 14.1 Å². The summed E-state index contributed by atoms with van der Waals surface area (Å²) in [5, 5.41) is 3.84. The van der Waals surface area contributed by atoms with E-state index >= 15 is 0 Å². The number of halogens is 1. The number of hydrogen-bond donors (Lipinski definition) is 0. The van der Waals surface area contributed by atoms with Crippen molar-refractivity contribution in [1.82, 2.24) is 19.3 Å². The molecule has 1 aromatic carbocycles. The Hall–Kier alpha value is -2.79. The molecule has 3 rings (SSSR count). The summed E-state index contributed by atoms with van der Waals surface area (Å²) in [6.07, 6.45) is 8.09. The van der Waals surface area contributed by atoms with E-state index < -0.39 is 11.7 Å². The summed E-state index contributed by atoms with van der Waals surface area (Å²) in [4.78, 5) is 20.1. The van der Waals surface area contributed by atoms with Crippen molar-refractivity contribution in [3.05, 3.63) is 41.5 Å². The van der Waals surface area contributed by atoms with Crippen molar-refractivity contribution in [2.45, 2.75) is 13.1 Å². The number of thiazole rings is 1. The SMILES string of the molecule is C#CCn1c(=NC(=O)Cn2cncn2)sc2cccc(F)c21. The van der Waals surface area contributed by atoms with Crippen molar-refractivity contribution in [2.24, 2.45) is 4.99 Å². The number of aromatic nitrogens is 4. The Morgan fingerprint density at radius 2 is 2.36 bits per heavy atom. The van der Waals surface area contributed by atoms with E-state index in [0.717, 1.165) is 0 Å². The number of para-hydroxylation sites is 1. The van der Waals surface area contributed by atoms with Crippen LogP contribution in [0.2, 0.25) is 0 Å². The third kappa shape index (κ3) is 2.66. The predicted molar refractivity (Wildman–Crippen MR) is 79.2 cm³/mol. The monoisotopic (exact) mass is 315 g/mol. The molecule has 0 radical (unpaired) electrons. The number of benzene rings is 1. The standard InChI is InChI=1S/C14H10FN5OS/c1-2-6-20-13-10(15)4-3-5-11(13)22-14(20)18-12(21)7-19-9-16-8-17-19/h1,3-5,8-9H,6-7H2. The van der Waals surface area contributed by atoms with Crippen LogP contribution in [0.4, 0.5) is 4.39 Å². The van der Waals surface area contributed by atoms with Crippen molar-refractivity contribution < 1.29 is 9.18 Å². The first-order chi connectivity index (χ1) is 10.7. The highest BCUT2D eigenvalue weighted by Crippen LogP contribution is 2.20. The van der Waals surface area contributed by atoms with Crippen LogP contribution in [-0.2, 0) is 17.9 Å². The van der Waals surface area contributed by atoms with Crippen molar-refractivity contribution in [3.63, 3.8) is 0 Å². The molecule has 22 heavy (non-hydrogen) atoms. The molecule has 8 heteroatoms. The summed E-state index contributed by atoms with van der Waals surface area (Å²) in [5.74, 6) is 1.64. The van der Waals surface area contributed by atoms with Crippen LogP contribution in [0, 0.1) is 18.2 Å². The zero-order chi connectivity index (χ0) is 15.5. The van der Waals surface area contributed by atoms with E-state index in [9.17, 15) is 9.18 Å². The molecule has 3 aromatic rings. The average molecular weight is 315 g/mol. The lowest BCUT2D eigenvalue weighted by molar-refractivity contribution is -0.118. The van der Waals surface area contributed by atoms with Crippen LogP contribution in [0.15, 0.2) is 35.8 Å². The molecular formula is C14H10FN5OS. The lowest BCUT2D eigenvalue weighted by Gasteiger charge is -2.00. The summed E-state index contributed by atoms with van der Waals surface area (Å²) < 4.78 is 17.6. The number of rotatable bonds is 3. The molecule has 0 aliphatic heterocycles. The largest absolute Gasteiger partial charge is 0.302 e. The fourth-order valence-electron chi connectivity index (χ4n) is 2.01. The quantitative estimate of drug-likeness (QED) is 0.682. The van der Waals surface area contributed by atoms with Gasteiger partial charge in [-0.2, -0.15) is 10.1 Å². The van der Waals surface area contributed by atoms with E-state index in [2.05, 4.69) is 21.0 Å². The third-order valence-corrected chi connectivity index (χ3v) is 3.93. The summed E-state index contributed by atoms with van der Waals surface area (Å²) >= 11 is 1.21. The minimum Gasteiger partial charge on any atom is -0.302 e. The molecule has 0 aliphatic rings. The fourth-order valence-corrected chi connectivity index (χ4v) is 3.07. The molecule has 2 heterocycles. The van der Waals surface area contributed by atoms with E-state index in [1.807, 2.05) is 0 Å². The molecule has 0 atom stereocenters. The predicted octanol–water partition coefficient (Wildman–Crippen LogP) is 1.19. The van der Waals surface area contributed by atoms with Crippen molar-refractivity contribution in [1.29, 1.82) is 0 Å². The highest BCUT2D eigenvalue weighted by atomic mass is 32.1. The van der Waals surface area contributed by atoms with Crippen LogP contribution in [-0.4, -0.2) is 25.2 Å². The van der Waals surface area contributed by atoms with Gasteiger partial charge in [0, 0.05) is 0 Å². The average Bonchev–Trinajstić information content (AvgIpc) is 3.09. The van der Waals surface area contributed by atoms with Crippen LogP contribution in [0.1, 0.15) is 0 Å². The van der Waals surface area contributed by atoms with Gasteiger partial charge in [-0.1, -0.05) is 23.3 Å². The van der Waals surface area contributed by atoms with Crippen molar-refractivity contribution >= 4 is 27.5 Å². The van der Waals surface area contributed by atoms with Gasteiger partial charge in [0.05, 0.1) is 16.8 Å². The molecule has 0 unspecified atom stereocenters. The topological polar surface area (TPSA) is 65.1 Å². The molecule has 0 N–H and O–H groups in total. The summed E-state index contributed by atoms with van der Waals surface area (Å²) in [5.41, 5.74) is 0.359. The first kappa shape index (κ1) is 14.2. The zero-order valence-corrected chi connectivity index (χ0v) is 12.1. The number of amides is 1. The van der Waals surface area contributed by atoms with Gasteiger partial charge < -0.3 is 4.57 Å². The third-order valence-electron chi connectivity index (χ3n) is 2.89. The molecule has 2 aromatic heterocycles. The Labute approximate surface area is 128 Å². The number of nitrogens with zero attached hydrogens (tertiary/aromatic N) is 5. The molecule has 110 valence electrons. The minimum absolute atomic E-state index is 0.0349. The van der Waals surface area contributed by atoms with Gasteiger partial charge in [0.1, 0.15) is 25.0 Å². The lowest BCUT2D eigenvalue weighted by atomic mass is 10.3. The van der Waals surface area contributed by atoms with Gasteiger partial charge in [-0.15, -0.1) is 6.42 Å². The summed E-state index contributed by atoms with van der Waals surface area (Å²) in [7, 11) is 0. The van der Waals surface area contributed by atoms with Gasteiger partial charge in [0.15, 0.2) is 4.80 Å². The minimum atomic E-state index is -0.414. The maximum absolute atomic E-state index is 14.0. The Kier molecular flexibility index (Phi) is 3.80. The second-order valence-electron chi connectivity index (χ2n) is 4.36. The first-order valence-corrected chi connectivity index (χ1v) is 7.12. The summed E-state index contributed by atoms with van der Waals surface area (Å²) in [6, 6.07) is 4.72. The lowest BCUT2D eigenvalue weighted by Crippen LogP contribution is -2.19. The number of fused-ring (bicyclic) bond motifs is 1. The van der Waals surface area contributed by atoms with Gasteiger partial charge >= 0.3 is 0 Å². The van der Waals surface area contributed by atoms with Crippen LogP contribution >= 0.6 is 11.3 Å². The Morgan fingerprint density at radius 3 is 3.09 bits per heavy atom. The van der Waals surface area contributed by atoms with Crippen LogP contribution in [0.3, 0.4) is 0 Å². The number of terminal acetylenes is 1. The highest BCUT2D eigenvalue weighted by molar-refractivity contribution is 7.16. The number of carbonyl (C=O) groups is 1. The fraction of sp³-hybridized carbons (Fsp3) is 0.143. The van der Waals surface area contributed by atoms with E-state index in [0.29, 0.717) is 15.0 Å². The second kappa shape index (κ2) is 5.91. The molecule has 0 saturated heterocycles. The second-order valence-corrected chi connectivity index (χ2v) is 5.37. The van der Waals surface area contributed by atoms with Crippen molar-refractivity contribution in [2.75, 3.05) is 0 Å². The van der Waals surface area contributed by atoms with E-state index in [1.165, 1.54) is 39.3 Å². The normalized spacial score (nSPS) is 11.7. The smallest absolute Gasteiger partial charge is 0.270 e. The first-order valence-electron chi connectivity index (χ1n) is 6.30. The Balaban J connectivity index is 2.08. The molecule has 0 bridgehead atoms. The van der Waals surface area contributed by atoms with Gasteiger partial charge in [-0.05, 0) is 12.1 Å². The van der Waals surface area contributed by atoms with E-state index in [1.54, 1.807) is 12.1 Å². The van der Waals surface area contributed by atoms with E-state index in [4.69, 9.17) is 6.42 Å². The van der Waals surface area contributed by atoms with Gasteiger partial charge in [0.25, 0.3) is 5.91 Å². The number of carbonyl (C=O) groups excluding carboxylic acids is 1. The van der Waals surface area contributed by atoms with Crippen LogP contribution in [0.5, 0.6) is 0 Å². The molecule has 0 fully saturated rings. The van der Waals surface area contributed by atoms with Crippen LogP contribution < -0.4 is 4.80 Å². The molecule has 0 saturated carbocycles. The van der Waals surface area contributed by atoms with Crippen molar-refractivity contribution in [3.8, 4) is 12.3 Å². The maximum Gasteiger partial charge on any atom is 0.270 e. The molecule has 0 spiro atoms. The number of hydrogen-bond acceptors (Lipinski definition) is 4. The van der Waals surface area contributed by atoms with Crippen LogP contribution in [0.25, 0.3) is 10.2 Å². The molecule has 6 nitrogen and oxygen atoms in total. The Morgan fingerprint density at radius 1 is 1.50 bits per heavy atom. The summed E-state index contributed by atoms with van der Waals surface area (Å²) in [6.45, 7) is 0.100. The highest BCUT2D eigenvalue weighted by Gasteiger charge is 2.11. The molecule has 1 amide bonds. The van der Waals surface area contributed by atoms with E-state index in [-0.39, 0.29) is 13.1 Å². The zero-order valence-electron chi connectivity index (χ0n) is 11.3. The molecular weight excluding hydrogens is 305 g/mol. The molecule has 0 aliphatic carbocycles. The van der Waals surface area contributed by atoms with Gasteiger partial charge in [0.2, 0.25) is 0 Å². The Bertz CT molecular complexity index is 932. The van der Waals surface area contributed by atoms with Gasteiger partial charge in [-0.3, -0.25) is 4.79 Å².